The Morgan fingerprint density at radius 3 is 2.42 bits per heavy atom. The minimum absolute atomic E-state index is 0.341. The Kier molecular flexibility index (Phi) is 5.03. The summed E-state index contributed by atoms with van der Waals surface area (Å²) in [7, 11) is 0. The number of carbonyl (C=O) groups excluding carboxylic acids is 1. The molecule has 1 amide bonds. The summed E-state index contributed by atoms with van der Waals surface area (Å²) in [5.41, 5.74) is 8.70. The number of nitrogens with two attached hydrogens (primary N) is 1. The first-order valence-electron chi connectivity index (χ1n) is 7.88. The number of amides is 1. The van der Waals surface area contributed by atoms with E-state index in [0.29, 0.717) is 13.0 Å². The van der Waals surface area contributed by atoms with Gasteiger partial charge < -0.3 is 11.1 Å². The molecule has 1 atom stereocenters. The number of nitrogens with one attached hydrogen (secondary N) is 1. The lowest BCUT2D eigenvalue weighted by molar-refractivity contribution is -0.120. The summed E-state index contributed by atoms with van der Waals surface area (Å²) in [5, 5.41) is 7.44. The first kappa shape index (κ1) is 16.0. The second kappa shape index (κ2) is 7.57. The highest BCUT2D eigenvalue weighted by Gasteiger charge is 2.15. The van der Waals surface area contributed by atoms with Gasteiger partial charge in [0.15, 0.2) is 0 Å². The van der Waals surface area contributed by atoms with Gasteiger partial charge >= 0.3 is 0 Å². The monoisotopic (exact) mass is 320 g/mol. The van der Waals surface area contributed by atoms with Gasteiger partial charge in [-0.1, -0.05) is 42.5 Å². The molecule has 5 heteroatoms. The van der Waals surface area contributed by atoms with E-state index in [9.17, 15) is 4.79 Å². The third-order valence-corrected chi connectivity index (χ3v) is 3.88. The summed E-state index contributed by atoms with van der Waals surface area (Å²) in [5.74, 6) is -0.341. The molecule has 1 heterocycles. The predicted octanol–water partition coefficient (Wildman–Crippen LogP) is 2.06. The molecule has 5 nitrogen and oxygen atoms in total. The maximum absolute atomic E-state index is 11.7. The molecule has 2 aromatic carbocycles. The Labute approximate surface area is 141 Å². The highest BCUT2D eigenvalue weighted by molar-refractivity contribution is 5.80. The molecule has 1 aromatic heterocycles. The fraction of sp³-hybridized carbons (Fsp3) is 0.158. The molecular formula is C19H20N4O. The van der Waals surface area contributed by atoms with Crippen molar-refractivity contribution < 1.29 is 4.79 Å². The lowest BCUT2D eigenvalue weighted by Gasteiger charge is -2.16. The topological polar surface area (TPSA) is 72.9 Å². The summed E-state index contributed by atoms with van der Waals surface area (Å²) in [6.07, 6.45) is 4.23. The molecule has 0 saturated heterocycles. The highest BCUT2D eigenvalue weighted by Crippen LogP contribution is 2.09. The van der Waals surface area contributed by atoms with Gasteiger partial charge in [0.25, 0.3) is 0 Å². The Hall–Kier alpha value is -2.92. The number of nitrogens with zero attached hydrogens (tertiary/aromatic N) is 2. The first-order valence-corrected chi connectivity index (χ1v) is 7.88. The van der Waals surface area contributed by atoms with E-state index < -0.39 is 6.04 Å². The quantitative estimate of drug-likeness (QED) is 0.700. The van der Waals surface area contributed by atoms with Crippen LogP contribution >= 0.6 is 0 Å². The number of rotatable bonds is 7. The largest absolute Gasteiger partial charge is 0.368 e. The number of hydrogen-bond acceptors (Lipinski definition) is 3. The SMILES string of the molecule is NC(=O)[C@H](Cc1ccccc1)NCc1ccc(-n2cccn2)cc1. The molecule has 0 aliphatic carbocycles. The van der Waals surface area contributed by atoms with Gasteiger partial charge in [0.05, 0.1) is 11.7 Å². The van der Waals surface area contributed by atoms with E-state index in [2.05, 4.69) is 10.4 Å². The summed E-state index contributed by atoms with van der Waals surface area (Å²) in [6, 6.07) is 19.4. The third-order valence-electron chi connectivity index (χ3n) is 3.88. The molecule has 0 spiro atoms. The Morgan fingerprint density at radius 2 is 1.79 bits per heavy atom. The van der Waals surface area contributed by atoms with Crippen LogP contribution in [0, 0.1) is 0 Å². The van der Waals surface area contributed by atoms with E-state index in [1.54, 1.807) is 10.9 Å². The predicted molar refractivity (Wildman–Crippen MR) is 93.5 cm³/mol. The zero-order chi connectivity index (χ0) is 16.8. The molecular weight excluding hydrogens is 300 g/mol. The summed E-state index contributed by atoms with van der Waals surface area (Å²) in [4.78, 5) is 11.7. The van der Waals surface area contributed by atoms with Crippen molar-refractivity contribution in [3.05, 3.63) is 84.2 Å². The highest BCUT2D eigenvalue weighted by atomic mass is 16.1. The molecule has 122 valence electrons. The van der Waals surface area contributed by atoms with Gasteiger partial charge in [-0.15, -0.1) is 0 Å². The molecule has 0 aliphatic heterocycles. The van der Waals surface area contributed by atoms with Gasteiger partial charge in [0.2, 0.25) is 5.91 Å². The van der Waals surface area contributed by atoms with Crippen LogP contribution in [-0.2, 0) is 17.8 Å². The number of benzene rings is 2. The minimum Gasteiger partial charge on any atom is -0.368 e. The van der Waals surface area contributed by atoms with E-state index in [4.69, 9.17) is 5.73 Å². The van der Waals surface area contributed by atoms with Crippen molar-refractivity contribution in [3.63, 3.8) is 0 Å². The summed E-state index contributed by atoms with van der Waals surface area (Å²) >= 11 is 0. The van der Waals surface area contributed by atoms with Crippen molar-refractivity contribution in [3.8, 4) is 5.69 Å². The second-order valence-corrected chi connectivity index (χ2v) is 5.64. The lowest BCUT2D eigenvalue weighted by atomic mass is 10.1. The molecule has 0 unspecified atom stereocenters. The lowest BCUT2D eigenvalue weighted by Crippen LogP contribution is -2.42. The molecule has 3 N–H and O–H groups in total. The van der Waals surface area contributed by atoms with Gasteiger partial charge in [-0.3, -0.25) is 4.79 Å². The van der Waals surface area contributed by atoms with E-state index >= 15 is 0 Å². The normalized spacial score (nSPS) is 12.0. The van der Waals surface area contributed by atoms with Crippen LogP contribution in [0.3, 0.4) is 0 Å². The fourth-order valence-corrected chi connectivity index (χ4v) is 2.55. The zero-order valence-corrected chi connectivity index (χ0v) is 13.3. The van der Waals surface area contributed by atoms with Crippen molar-refractivity contribution in [2.75, 3.05) is 0 Å². The fourth-order valence-electron chi connectivity index (χ4n) is 2.55. The average Bonchev–Trinajstić information content (AvgIpc) is 3.14. The maximum Gasteiger partial charge on any atom is 0.234 e. The van der Waals surface area contributed by atoms with Crippen LogP contribution in [-0.4, -0.2) is 21.7 Å². The number of hydrogen-bond donors (Lipinski definition) is 2. The third kappa shape index (κ3) is 4.08. The minimum atomic E-state index is -0.391. The van der Waals surface area contributed by atoms with Crippen LogP contribution in [0.5, 0.6) is 0 Å². The molecule has 0 aliphatic rings. The van der Waals surface area contributed by atoms with Gasteiger partial charge in [0.1, 0.15) is 0 Å². The molecule has 0 bridgehead atoms. The first-order chi connectivity index (χ1) is 11.7. The average molecular weight is 320 g/mol. The molecule has 24 heavy (non-hydrogen) atoms. The van der Waals surface area contributed by atoms with Crippen LogP contribution in [0.1, 0.15) is 11.1 Å². The van der Waals surface area contributed by atoms with E-state index in [1.807, 2.05) is 66.9 Å². The van der Waals surface area contributed by atoms with Crippen LogP contribution in [0.15, 0.2) is 73.1 Å². The maximum atomic E-state index is 11.7. The van der Waals surface area contributed by atoms with Crippen molar-refractivity contribution in [1.29, 1.82) is 0 Å². The summed E-state index contributed by atoms with van der Waals surface area (Å²) in [6.45, 7) is 0.583. The van der Waals surface area contributed by atoms with Gasteiger partial charge in [-0.2, -0.15) is 5.10 Å². The van der Waals surface area contributed by atoms with Crippen LogP contribution in [0.25, 0.3) is 5.69 Å². The van der Waals surface area contributed by atoms with E-state index in [0.717, 1.165) is 16.8 Å². The molecule has 0 radical (unpaired) electrons. The standard InChI is InChI=1S/C19H20N4O/c20-19(24)18(13-15-5-2-1-3-6-15)21-14-16-7-9-17(10-8-16)23-12-4-11-22-23/h1-12,18,21H,13-14H2,(H2,20,24)/t18-/m0/s1. The smallest absolute Gasteiger partial charge is 0.234 e. The Balaban J connectivity index is 1.61. The number of aromatic nitrogens is 2. The van der Waals surface area contributed by atoms with Crippen molar-refractivity contribution in [2.45, 2.75) is 19.0 Å². The Bertz CT molecular complexity index is 767. The van der Waals surface area contributed by atoms with Crippen molar-refractivity contribution >= 4 is 5.91 Å². The van der Waals surface area contributed by atoms with Gasteiger partial charge in [-0.05, 0) is 35.7 Å². The van der Waals surface area contributed by atoms with Crippen molar-refractivity contribution in [2.24, 2.45) is 5.73 Å². The molecule has 0 fully saturated rings. The number of primary amides is 1. The Morgan fingerprint density at radius 1 is 1.04 bits per heavy atom. The van der Waals surface area contributed by atoms with Gasteiger partial charge in [-0.25, -0.2) is 4.68 Å². The van der Waals surface area contributed by atoms with Crippen LogP contribution in [0.2, 0.25) is 0 Å². The summed E-state index contributed by atoms with van der Waals surface area (Å²) < 4.78 is 1.80. The molecule has 3 rings (SSSR count). The van der Waals surface area contributed by atoms with Crippen LogP contribution < -0.4 is 11.1 Å². The number of carbonyl (C=O) groups is 1. The van der Waals surface area contributed by atoms with E-state index in [1.165, 1.54) is 0 Å². The molecule has 0 saturated carbocycles. The zero-order valence-electron chi connectivity index (χ0n) is 13.3. The van der Waals surface area contributed by atoms with Crippen LogP contribution in [0.4, 0.5) is 0 Å². The van der Waals surface area contributed by atoms with E-state index in [-0.39, 0.29) is 5.91 Å². The molecule has 3 aromatic rings. The second-order valence-electron chi connectivity index (χ2n) is 5.64. The van der Waals surface area contributed by atoms with Crippen molar-refractivity contribution in [1.82, 2.24) is 15.1 Å². The van der Waals surface area contributed by atoms with Gasteiger partial charge in [0, 0.05) is 18.9 Å².